The maximum atomic E-state index is 4.56. The van der Waals surface area contributed by atoms with Gasteiger partial charge in [0, 0.05) is 19.7 Å². The summed E-state index contributed by atoms with van der Waals surface area (Å²) < 4.78 is 1.85. The number of fused-ring (bicyclic) bond motifs is 1. The third kappa shape index (κ3) is 2.60. The Bertz CT molecular complexity index is 767. The highest BCUT2D eigenvalue weighted by Crippen LogP contribution is 2.17. The molecule has 1 aliphatic rings. The van der Waals surface area contributed by atoms with Crippen molar-refractivity contribution in [3.05, 3.63) is 48.5 Å². The lowest BCUT2D eigenvalue weighted by atomic mass is 10.2. The predicted octanol–water partition coefficient (Wildman–Crippen LogP) is 2.49. The van der Waals surface area contributed by atoms with Gasteiger partial charge in [-0.2, -0.15) is 9.50 Å². The van der Waals surface area contributed by atoms with Crippen LogP contribution in [0.15, 0.2) is 48.5 Å². The molecule has 1 aromatic carbocycles. The van der Waals surface area contributed by atoms with E-state index in [0.29, 0.717) is 12.0 Å². The van der Waals surface area contributed by atoms with Crippen molar-refractivity contribution in [2.24, 2.45) is 0 Å². The summed E-state index contributed by atoms with van der Waals surface area (Å²) in [6.45, 7) is 2.05. The van der Waals surface area contributed by atoms with Gasteiger partial charge >= 0.3 is 0 Å². The lowest BCUT2D eigenvalue weighted by Crippen LogP contribution is -2.23. The van der Waals surface area contributed by atoms with Crippen LogP contribution >= 0.6 is 0 Å². The van der Waals surface area contributed by atoms with E-state index in [4.69, 9.17) is 0 Å². The molecule has 0 bridgehead atoms. The molecule has 3 aromatic rings. The van der Waals surface area contributed by atoms with Crippen molar-refractivity contribution in [2.75, 3.05) is 23.7 Å². The molecule has 0 amide bonds. The van der Waals surface area contributed by atoms with Gasteiger partial charge in [0.25, 0.3) is 0 Å². The van der Waals surface area contributed by atoms with Crippen molar-refractivity contribution >= 4 is 23.1 Å². The molecule has 22 heavy (non-hydrogen) atoms. The second-order valence-corrected chi connectivity index (χ2v) is 5.44. The zero-order valence-corrected chi connectivity index (χ0v) is 12.2. The highest BCUT2D eigenvalue weighted by Gasteiger charge is 2.16. The van der Waals surface area contributed by atoms with Gasteiger partial charge in [0.05, 0.1) is 0 Å². The Morgan fingerprint density at radius 2 is 2.05 bits per heavy atom. The zero-order valence-electron chi connectivity index (χ0n) is 12.2. The van der Waals surface area contributed by atoms with Crippen LogP contribution in [0, 0.1) is 0 Å². The van der Waals surface area contributed by atoms with E-state index in [0.717, 1.165) is 36.7 Å². The Hall–Kier alpha value is -2.60. The van der Waals surface area contributed by atoms with E-state index in [1.807, 2.05) is 53.0 Å². The lowest BCUT2D eigenvalue weighted by molar-refractivity contribution is 0.777. The van der Waals surface area contributed by atoms with E-state index in [-0.39, 0.29) is 1.43 Å². The number of nitrogens with zero attached hydrogens (tertiary/aromatic N) is 3. The number of benzene rings is 1. The predicted molar refractivity (Wildman–Crippen MR) is 89.7 cm³/mol. The summed E-state index contributed by atoms with van der Waals surface area (Å²) in [5, 5.41) is 14.7. The van der Waals surface area contributed by atoms with Crippen LogP contribution in [0.5, 0.6) is 0 Å². The summed E-state index contributed by atoms with van der Waals surface area (Å²) in [6, 6.07) is 16.4. The Labute approximate surface area is 130 Å². The van der Waals surface area contributed by atoms with Gasteiger partial charge in [-0.25, -0.2) is 0 Å². The van der Waals surface area contributed by atoms with Gasteiger partial charge in [0.2, 0.25) is 5.95 Å². The summed E-state index contributed by atoms with van der Waals surface area (Å²) in [6.07, 6.45) is 1.13. The summed E-state index contributed by atoms with van der Waals surface area (Å²) in [5.41, 5.74) is 1.81. The molecule has 6 nitrogen and oxygen atoms in total. The topological polar surface area (TPSA) is 66.3 Å². The van der Waals surface area contributed by atoms with Crippen LogP contribution in [0.3, 0.4) is 0 Å². The first-order chi connectivity index (χ1) is 10.9. The Morgan fingerprint density at radius 3 is 2.86 bits per heavy atom. The van der Waals surface area contributed by atoms with Crippen LogP contribution in [-0.2, 0) is 0 Å². The van der Waals surface area contributed by atoms with E-state index < -0.39 is 0 Å². The minimum atomic E-state index is 0. The molecule has 1 atom stereocenters. The van der Waals surface area contributed by atoms with E-state index in [1.165, 1.54) is 0 Å². The molecule has 3 N–H and O–H groups in total. The van der Waals surface area contributed by atoms with Gasteiger partial charge in [0.1, 0.15) is 5.82 Å². The lowest BCUT2D eigenvalue weighted by Gasteiger charge is -2.13. The highest BCUT2D eigenvalue weighted by atomic mass is 15.4. The Morgan fingerprint density at radius 1 is 1.14 bits per heavy atom. The third-order valence-electron chi connectivity index (χ3n) is 3.80. The molecule has 2 aromatic heterocycles. The SMILES string of the molecule is [HH].c1ccc(Nc2nc3cccc(N[C@@H]4CCNC4)n3n2)cc1. The van der Waals surface area contributed by atoms with Crippen molar-refractivity contribution in [2.45, 2.75) is 12.5 Å². The van der Waals surface area contributed by atoms with E-state index >= 15 is 0 Å². The van der Waals surface area contributed by atoms with Gasteiger partial charge in [0.15, 0.2) is 5.65 Å². The van der Waals surface area contributed by atoms with E-state index in [9.17, 15) is 0 Å². The van der Waals surface area contributed by atoms with E-state index in [2.05, 4.69) is 26.0 Å². The Balaban J connectivity index is 0.00000156. The number of para-hydroxylation sites is 1. The van der Waals surface area contributed by atoms with Crippen molar-refractivity contribution in [3.8, 4) is 0 Å². The van der Waals surface area contributed by atoms with Crippen LogP contribution in [0.2, 0.25) is 0 Å². The molecule has 0 saturated carbocycles. The molecule has 0 unspecified atom stereocenters. The molecule has 1 aliphatic heterocycles. The first-order valence-corrected chi connectivity index (χ1v) is 7.54. The summed E-state index contributed by atoms with van der Waals surface area (Å²) in [7, 11) is 0. The van der Waals surface area contributed by atoms with Crippen LogP contribution in [0.25, 0.3) is 5.65 Å². The minimum Gasteiger partial charge on any atom is -0.366 e. The first kappa shape index (κ1) is 13.1. The van der Waals surface area contributed by atoms with Crippen molar-refractivity contribution in [1.82, 2.24) is 19.9 Å². The van der Waals surface area contributed by atoms with Gasteiger partial charge < -0.3 is 16.0 Å². The highest BCUT2D eigenvalue weighted by molar-refractivity contribution is 5.57. The van der Waals surface area contributed by atoms with Crippen molar-refractivity contribution in [1.29, 1.82) is 0 Å². The number of hydrogen-bond acceptors (Lipinski definition) is 5. The monoisotopic (exact) mass is 296 g/mol. The number of rotatable bonds is 4. The Kier molecular flexibility index (Phi) is 3.36. The van der Waals surface area contributed by atoms with Crippen LogP contribution in [0.1, 0.15) is 7.85 Å². The fourth-order valence-corrected chi connectivity index (χ4v) is 2.71. The third-order valence-corrected chi connectivity index (χ3v) is 3.80. The molecular weight excluding hydrogens is 276 g/mol. The fraction of sp³-hybridized carbons (Fsp3) is 0.250. The van der Waals surface area contributed by atoms with Crippen molar-refractivity contribution in [3.63, 3.8) is 0 Å². The minimum absolute atomic E-state index is 0. The summed E-state index contributed by atoms with van der Waals surface area (Å²) in [4.78, 5) is 4.53. The van der Waals surface area contributed by atoms with Gasteiger partial charge in [-0.1, -0.05) is 24.3 Å². The molecular formula is C16H20N6. The van der Waals surface area contributed by atoms with Crippen molar-refractivity contribution < 1.29 is 1.43 Å². The standard InChI is InChI=1S/C16H18N6.H2/c1-2-5-12(6-3-1)19-16-20-15-8-4-7-14(22(15)21-16)18-13-9-10-17-11-13;/h1-8,13,17-18H,9-11H2,(H,19,21);1H/t13-;/m1./s1. The smallest absolute Gasteiger partial charge is 0.247 e. The van der Waals surface area contributed by atoms with Gasteiger partial charge in [-0.3, -0.25) is 0 Å². The second-order valence-electron chi connectivity index (χ2n) is 5.44. The molecule has 0 aliphatic carbocycles. The van der Waals surface area contributed by atoms with Crippen LogP contribution < -0.4 is 16.0 Å². The van der Waals surface area contributed by atoms with Gasteiger partial charge in [-0.05, 0) is 37.2 Å². The molecule has 4 rings (SSSR count). The quantitative estimate of drug-likeness (QED) is 0.690. The molecule has 6 heteroatoms. The largest absolute Gasteiger partial charge is 0.366 e. The summed E-state index contributed by atoms with van der Waals surface area (Å²) in [5.74, 6) is 1.57. The molecule has 1 saturated heterocycles. The van der Waals surface area contributed by atoms with E-state index in [1.54, 1.807) is 0 Å². The number of anilines is 3. The van der Waals surface area contributed by atoms with Crippen LogP contribution in [0.4, 0.5) is 17.5 Å². The average molecular weight is 296 g/mol. The number of aromatic nitrogens is 3. The normalized spacial score (nSPS) is 17.7. The average Bonchev–Trinajstić information content (AvgIpc) is 3.18. The summed E-state index contributed by atoms with van der Waals surface area (Å²) >= 11 is 0. The zero-order chi connectivity index (χ0) is 14.8. The molecule has 0 radical (unpaired) electrons. The first-order valence-electron chi connectivity index (χ1n) is 7.54. The van der Waals surface area contributed by atoms with Crippen LogP contribution in [-0.4, -0.2) is 33.7 Å². The number of hydrogen-bond donors (Lipinski definition) is 3. The maximum absolute atomic E-state index is 4.56. The molecule has 114 valence electrons. The maximum Gasteiger partial charge on any atom is 0.247 e. The molecule has 0 spiro atoms. The number of nitrogens with one attached hydrogen (secondary N) is 3. The molecule has 3 heterocycles. The second kappa shape index (κ2) is 5.65. The molecule has 1 fully saturated rings. The van der Waals surface area contributed by atoms with Gasteiger partial charge in [-0.15, -0.1) is 5.10 Å². The fourth-order valence-electron chi connectivity index (χ4n) is 2.71. The number of pyridine rings is 1.